The lowest BCUT2D eigenvalue weighted by atomic mass is 10.1. The number of aromatic nitrogens is 3. The molecule has 5 aromatic rings. The standard InChI is InChI=1S/C25H20N4O2S/c1-31-19-13-11-17(12-14-19)15-26-16-20-23(18-7-3-2-4-8-18)28-29(24(20)30)25-27-21-9-5-6-10-22(21)32-25/h2-14,16,28H,15H2,1H3. The second-order valence-electron chi connectivity index (χ2n) is 7.19. The van der Waals surface area contributed by atoms with Gasteiger partial charge in [-0.2, -0.15) is 4.68 Å². The van der Waals surface area contributed by atoms with Gasteiger partial charge in [0.1, 0.15) is 5.75 Å². The van der Waals surface area contributed by atoms with Crippen LogP contribution >= 0.6 is 11.3 Å². The van der Waals surface area contributed by atoms with E-state index in [4.69, 9.17) is 4.74 Å². The van der Waals surface area contributed by atoms with Crippen molar-refractivity contribution in [1.29, 1.82) is 0 Å². The van der Waals surface area contributed by atoms with E-state index in [2.05, 4.69) is 15.1 Å². The van der Waals surface area contributed by atoms with Gasteiger partial charge >= 0.3 is 0 Å². The first-order valence-corrected chi connectivity index (χ1v) is 10.9. The third kappa shape index (κ3) is 3.86. The van der Waals surface area contributed by atoms with E-state index in [9.17, 15) is 4.79 Å². The first-order chi connectivity index (χ1) is 15.7. The molecule has 2 aromatic heterocycles. The van der Waals surface area contributed by atoms with E-state index in [0.717, 1.165) is 27.1 Å². The number of methoxy groups -OCH3 is 1. The smallest absolute Gasteiger partial charge is 0.282 e. The van der Waals surface area contributed by atoms with Gasteiger partial charge in [-0.15, -0.1) is 0 Å². The number of hydrogen-bond donors (Lipinski definition) is 1. The lowest BCUT2D eigenvalue weighted by molar-refractivity contribution is 0.414. The van der Waals surface area contributed by atoms with E-state index < -0.39 is 0 Å². The van der Waals surface area contributed by atoms with Crippen molar-refractivity contribution in [1.82, 2.24) is 14.8 Å². The summed E-state index contributed by atoms with van der Waals surface area (Å²) >= 11 is 1.47. The largest absolute Gasteiger partial charge is 0.497 e. The molecule has 3 aromatic carbocycles. The van der Waals surface area contributed by atoms with Gasteiger partial charge in [-0.1, -0.05) is 65.9 Å². The van der Waals surface area contributed by atoms with Crippen LogP contribution in [0.2, 0.25) is 0 Å². The van der Waals surface area contributed by atoms with Gasteiger partial charge in [0, 0.05) is 11.8 Å². The second kappa shape index (κ2) is 8.64. The normalized spacial score (nSPS) is 11.4. The van der Waals surface area contributed by atoms with Crippen molar-refractivity contribution in [2.75, 3.05) is 7.11 Å². The molecular weight excluding hydrogens is 420 g/mol. The minimum Gasteiger partial charge on any atom is -0.497 e. The van der Waals surface area contributed by atoms with Crippen LogP contribution < -0.4 is 10.3 Å². The molecule has 0 bridgehead atoms. The molecule has 0 unspecified atom stereocenters. The highest BCUT2D eigenvalue weighted by Gasteiger charge is 2.17. The summed E-state index contributed by atoms with van der Waals surface area (Å²) < 4.78 is 7.73. The van der Waals surface area contributed by atoms with Gasteiger partial charge in [0.2, 0.25) is 5.13 Å². The summed E-state index contributed by atoms with van der Waals surface area (Å²) in [5, 5.41) is 3.85. The first kappa shape index (κ1) is 20.0. The number of benzene rings is 3. The van der Waals surface area contributed by atoms with Gasteiger partial charge in [-0.25, -0.2) is 4.98 Å². The van der Waals surface area contributed by atoms with E-state index in [1.807, 2.05) is 78.9 Å². The summed E-state index contributed by atoms with van der Waals surface area (Å²) in [6.07, 6.45) is 1.65. The van der Waals surface area contributed by atoms with Crippen molar-refractivity contribution in [3.05, 3.63) is 100 Å². The van der Waals surface area contributed by atoms with Crippen molar-refractivity contribution in [2.45, 2.75) is 6.54 Å². The fraction of sp³-hybridized carbons (Fsp3) is 0.0800. The molecule has 0 saturated carbocycles. The zero-order valence-electron chi connectivity index (χ0n) is 17.4. The summed E-state index contributed by atoms with van der Waals surface area (Å²) in [6, 6.07) is 25.3. The van der Waals surface area contributed by atoms with Crippen LogP contribution in [0, 0.1) is 0 Å². The lowest BCUT2D eigenvalue weighted by Gasteiger charge is -2.01. The number of nitrogens with zero attached hydrogens (tertiary/aromatic N) is 3. The Bertz CT molecular complexity index is 1410. The molecule has 0 saturated heterocycles. The number of H-pyrrole nitrogens is 1. The highest BCUT2D eigenvalue weighted by atomic mass is 32.1. The molecule has 6 nitrogen and oxygen atoms in total. The van der Waals surface area contributed by atoms with Gasteiger partial charge in [0.05, 0.1) is 35.1 Å². The molecule has 1 N–H and O–H groups in total. The summed E-state index contributed by atoms with van der Waals surface area (Å²) in [5.41, 5.74) is 3.85. The zero-order valence-corrected chi connectivity index (χ0v) is 18.2. The predicted molar refractivity (Wildman–Crippen MR) is 129 cm³/mol. The monoisotopic (exact) mass is 440 g/mol. The number of thiazole rings is 1. The minimum atomic E-state index is -0.179. The number of aromatic amines is 1. The molecule has 0 fully saturated rings. The highest BCUT2D eigenvalue weighted by Crippen LogP contribution is 2.25. The van der Waals surface area contributed by atoms with Crippen molar-refractivity contribution in [3.63, 3.8) is 0 Å². The third-order valence-electron chi connectivity index (χ3n) is 5.12. The quantitative estimate of drug-likeness (QED) is 0.375. The Kier molecular flexibility index (Phi) is 5.39. The molecule has 0 aliphatic heterocycles. The third-order valence-corrected chi connectivity index (χ3v) is 6.14. The summed E-state index contributed by atoms with van der Waals surface area (Å²) in [4.78, 5) is 22.5. The number of hydrogen-bond acceptors (Lipinski definition) is 5. The maximum Gasteiger partial charge on any atom is 0.282 e. The molecular formula is C25H20N4O2S. The number of rotatable bonds is 6. The van der Waals surface area contributed by atoms with Crippen molar-refractivity contribution < 1.29 is 4.74 Å². The van der Waals surface area contributed by atoms with E-state index in [1.165, 1.54) is 16.0 Å². The van der Waals surface area contributed by atoms with Crippen LogP contribution in [0.1, 0.15) is 11.1 Å². The fourth-order valence-corrected chi connectivity index (χ4v) is 4.38. The molecule has 32 heavy (non-hydrogen) atoms. The Balaban J connectivity index is 1.54. The number of aliphatic imine (C=N–C) groups is 1. The molecule has 158 valence electrons. The molecule has 2 heterocycles. The number of ether oxygens (including phenoxy) is 1. The average Bonchev–Trinajstić information content (AvgIpc) is 3.41. The Morgan fingerprint density at radius 1 is 1.03 bits per heavy atom. The van der Waals surface area contributed by atoms with Crippen LogP contribution in [0.15, 0.2) is 88.6 Å². The summed E-state index contributed by atoms with van der Waals surface area (Å²) in [5.74, 6) is 0.799. The fourth-order valence-electron chi connectivity index (χ4n) is 3.46. The topological polar surface area (TPSA) is 72.3 Å². The molecule has 0 atom stereocenters. The first-order valence-electron chi connectivity index (χ1n) is 10.1. The highest BCUT2D eigenvalue weighted by molar-refractivity contribution is 7.20. The Hall–Kier alpha value is -3.97. The average molecular weight is 441 g/mol. The van der Waals surface area contributed by atoms with Crippen LogP contribution in [0.5, 0.6) is 5.75 Å². The van der Waals surface area contributed by atoms with Crippen LogP contribution in [-0.2, 0) is 6.54 Å². The van der Waals surface area contributed by atoms with E-state index in [1.54, 1.807) is 13.3 Å². The molecule has 7 heteroatoms. The van der Waals surface area contributed by atoms with Gasteiger partial charge in [-0.3, -0.25) is 14.9 Å². The van der Waals surface area contributed by atoms with E-state index >= 15 is 0 Å². The van der Waals surface area contributed by atoms with E-state index in [0.29, 0.717) is 22.9 Å². The van der Waals surface area contributed by atoms with Gasteiger partial charge in [-0.05, 0) is 29.8 Å². The van der Waals surface area contributed by atoms with Crippen molar-refractivity contribution in [2.24, 2.45) is 4.99 Å². The second-order valence-corrected chi connectivity index (χ2v) is 8.20. The van der Waals surface area contributed by atoms with Gasteiger partial charge in [0.25, 0.3) is 5.56 Å². The Morgan fingerprint density at radius 2 is 1.78 bits per heavy atom. The SMILES string of the molecule is COc1ccc(CN=Cc2c(-c3ccccc3)[nH]n(-c3nc4ccccc4s3)c2=O)cc1. The van der Waals surface area contributed by atoms with E-state index in [-0.39, 0.29) is 5.56 Å². The zero-order chi connectivity index (χ0) is 21.9. The van der Waals surface area contributed by atoms with Crippen LogP contribution in [0.3, 0.4) is 0 Å². The van der Waals surface area contributed by atoms with Gasteiger partial charge < -0.3 is 4.74 Å². The Labute approximate surface area is 188 Å². The van der Waals surface area contributed by atoms with Gasteiger partial charge in [0.15, 0.2) is 0 Å². The van der Waals surface area contributed by atoms with Crippen LogP contribution in [-0.4, -0.2) is 28.1 Å². The van der Waals surface area contributed by atoms with Crippen molar-refractivity contribution in [3.8, 4) is 22.1 Å². The maximum atomic E-state index is 13.4. The number of nitrogens with one attached hydrogen (secondary N) is 1. The Morgan fingerprint density at radius 3 is 2.53 bits per heavy atom. The van der Waals surface area contributed by atoms with Crippen molar-refractivity contribution >= 4 is 27.8 Å². The number of fused-ring (bicyclic) bond motifs is 1. The predicted octanol–water partition coefficient (Wildman–Crippen LogP) is 5.07. The van der Waals surface area contributed by atoms with Crippen LogP contribution in [0.4, 0.5) is 0 Å². The van der Waals surface area contributed by atoms with Crippen LogP contribution in [0.25, 0.3) is 26.6 Å². The summed E-state index contributed by atoms with van der Waals surface area (Å²) in [6.45, 7) is 0.462. The maximum absolute atomic E-state index is 13.4. The molecule has 0 aliphatic rings. The molecule has 0 radical (unpaired) electrons. The number of para-hydroxylation sites is 1. The molecule has 5 rings (SSSR count). The minimum absolute atomic E-state index is 0.179. The molecule has 0 aliphatic carbocycles. The molecule has 0 spiro atoms. The summed E-state index contributed by atoms with van der Waals surface area (Å²) in [7, 11) is 1.64. The molecule has 0 amide bonds. The lowest BCUT2D eigenvalue weighted by Crippen LogP contribution is -2.17.